The van der Waals surface area contributed by atoms with Gasteiger partial charge in [-0.1, -0.05) is 16.8 Å². The SMILES string of the molecule is O=C(NCCCSCc1ccco1)C1CCN(Cc2nc(-c3ccc(Cl)cc3)no2)CC1. The molecule has 3 aromatic rings. The molecule has 32 heavy (non-hydrogen) atoms. The molecule has 1 fully saturated rings. The molecule has 1 amide bonds. The molecule has 9 heteroatoms. The highest BCUT2D eigenvalue weighted by molar-refractivity contribution is 7.98. The van der Waals surface area contributed by atoms with E-state index in [4.69, 9.17) is 20.5 Å². The zero-order valence-electron chi connectivity index (χ0n) is 17.8. The van der Waals surface area contributed by atoms with Crippen LogP contribution >= 0.6 is 23.4 Å². The molecular weight excluding hydrogens is 448 g/mol. The Hall–Kier alpha value is -2.29. The molecule has 1 aliphatic heterocycles. The van der Waals surface area contributed by atoms with Crippen LogP contribution in [0.3, 0.4) is 0 Å². The van der Waals surface area contributed by atoms with Crippen molar-refractivity contribution in [3.8, 4) is 11.4 Å². The summed E-state index contributed by atoms with van der Waals surface area (Å²) in [5, 5.41) is 7.83. The zero-order valence-corrected chi connectivity index (χ0v) is 19.4. The number of piperidine rings is 1. The number of carbonyl (C=O) groups is 1. The fourth-order valence-corrected chi connectivity index (χ4v) is 4.66. The van der Waals surface area contributed by atoms with Crippen LogP contribution < -0.4 is 5.32 Å². The van der Waals surface area contributed by atoms with Crippen LogP contribution in [-0.4, -0.2) is 46.3 Å². The molecule has 7 nitrogen and oxygen atoms in total. The van der Waals surface area contributed by atoms with E-state index >= 15 is 0 Å². The van der Waals surface area contributed by atoms with Crippen LogP contribution in [0, 0.1) is 5.92 Å². The van der Waals surface area contributed by atoms with Crippen molar-refractivity contribution in [1.82, 2.24) is 20.4 Å². The molecule has 0 atom stereocenters. The van der Waals surface area contributed by atoms with Gasteiger partial charge in [0.2, 0.25) is 17.6 Å². The fourth-order valence-electron chi connectivity index (χ4n) is 3.68. The van der Waals surface area contributed by atoms with Gasteiger partial charge in [0.15, 0.2) is 0 Å². The van der Waals surface area contributed by atoms with Crippen molar-refractivity contribution in [2.75, 3.05) is 25.4 Å². The highest BCUT2D eigenvalue weighted by Crippen LogP contribution is 2.22. The molecule has 0 radical (unpaired) electrons. The van der Waals surface area contributed by atoms with Gasteiger partial charge in [-0.3, -0.25) is 9.69 Å². The molecule has 0 aliphatic carbocycles. The van der Waals surface area contributed by atoms with E-state index in [1.807, 2.05) is 48.2 Å². The van der Waals surface area contributed by atoms with Gasteiger partial charge < -0.3 is 14.3 Å². The van der Waals surface area contributed by atoms with Gasteiger partial charge in [0.1, 0.15) is 5.76 Å². The molecule has 2 aromatic heterocycles. The van der Waals surface area contributed by atoms with Crippen molar-refractivity contribution in [2.45, 2.75) is 31.6 Å². The number of furan rings is 1. The maximum absolute atomic E-state index is 12.5. The molecule has 1 aromatic carbocycles. The van der Waals surface area contributed by atoms with Gasteiger partial charge >= 0.3 is 0 Å². The first-order valence-electron chi connectivity index (χ1n) is 10.9. The Bertz CT molecular complexity index is 970. The van der Waals surface area contributed by atoms with Crippen LogP contribution in [0.25, 0.3) is 11.4 Å². The van der Waals surface area contributed by atoms with E-state index < -0.39 is 0 Å². The van der Waals surface area contributed by atoms with Crippen molar-refractivity contribution in [3.05, 3.63) is 59.3 Å². The summed E-state index contributed by atoms with van der Waals surface area (Å²) in [6.07, 6.45) is 4.35. The molecule has 1 N–H and O–H groups in total. The van der Waals surface area contributed by atoms with Gasteiger partial charge in [-0.05, 0) is 74.5 Å². The predicted molar refractivity (Wildman–Crippen MR) is 125 cm³/mol. The first kappa shape index (κ1) is 22.9. The maximum Gasteiger partial charge on any atom is 0.241 e. The van der Waals surface area contributed by atoms with Gasteiger partial charge in [0, 0.05) is 23.0 Å². The molecule has 4 rings (SSSR count). The number of nitrogens with one attached hydrogen (secondary N) is 1. The van der Waals surface area contributed by atoms with Gasteiger partial charge in [-0.2, -0.15) is 16.7 Å². The molecule has 3 heterocycles. The highest BCUT2D eigenvalue weighted by Gasteiger charge is 2.25. The second-order valence-electron chi connectivity index (χ2n) is 7.85. The number of benzene rings is 1. The minimum Gasteiger partial charge on any atom is -0.468 e. The average molecular weight is 475 g/mol. The number of thioether (sulfide) groups is 1. The summed E-state index contributed by atoms with van der Waals surface area (Å²) in [6, 6.07) is 11.3. The van der Waals surface area contributed by atoms with E-state index in [-0.39, 0.29) is 11.8 Å². The second-order valence-corrected chi connectivity index (χ2v) is 9.39. The molecule has 0 spiro atoms. The lowest BCUT2D eigenvalue weighted by atomic mass is 9.96. The molecule has 1 saturated heterocycles. The third-order valence-electron chi connectivity index (χ3n) is 5.48. The van der Waals surface area contributed by atoms with E-state index in [0.29, 0.717) is 23.3 Å². The molecule has 170 valence electrons. The number of aromatic nitrogens is 2. The smallest absolute Gasteiger partial charge is 0.241 e. The number of rotatable bonds is 10. The topological polar surface area (TPSA) is 84.4 Å². The summed E-state index contributed by atoms with van der Waals surface area (Å²) in [4.78, 5) is 19.2. The zero-order chi connectivity index (χ0) is 22.2. The number of halogens is 1. The van der Waals surface area contributed by atoms with E-state index in [1.165, 1.54) is 0 Å². The Labute approximate surface area is 196 Å². The minimum atomic E-state index is 0.0781. The number of amides is 1. The average Bonchev–Trinajstić information content (AvgIpc) is 3.49. The number of nitrogens with zero attached hydrogens (tertiary/aromatic N) is 3. The number of hydrogen-bond donors (Lipinski definition) is 1. The summed E-state index contributed by atoms with van der Waals surface area (Å²) < 4.78 is 10.7. The number of hydrogen-bond acceptors (Lipinski definition) is 7. The van der Waals surface area contributed by atoms with Crippen LogP contribution in [-0.2, 0) is 17.1 Å². The number of carbonyl (C=O) groups excluding carboxylic acids is 1. The summed E-state index contributed by atoms with van der Waals surface area (Å²) in [7, 11) is 0. The summed E-state index contributed by atoms with van der Waals surface area (Å²) in [5.41, 5.74) is 0.874. The quantitative estimate of drug-likeness (QED) is 0.428. The molecule has 0 unspecified atom stereocenters. The van der Waals surface area contributed by atoms with Gasteiger partial charge in [-0.25, -0.2) is 0 Å². The van der Waals surface area contributed by atoms with Crippen molar-refractivity contribution in [1.29, 1.82) is 0 Å². The third-order valence-corrected chi connectivity index (χ3v) is 6.79. The van der Waals surface area contributed by atoms with Gasteiger partial charge in [-0.15, -0.1) is 0 Å². The molecule has 0 bridgehead atoms. The Morgan fingerprint density at radius 3 is 2.78 bits per heavy atom. The summed E-state index contributed by atoms with van der Waals surface area (Å²) in [5.74, 6) is 4.27. The van der Waals surface area contributed by atoms with Crippen LogP contribution in [0.2, 0.25) is 5.02 Å². The van der Waals surface area contributed by atoms with Crippen LogP contribution in [0.1, 0.15) is 30.9 Å². The Kier molecular flexibility index (Phi) is 8.25. The van der Waals surface area contributed by atoms with E-state index in [1.54, 1.807) is 6.26 Å². The van der Waals surface area contributed by atoms with Crippen LogP contribution in [0.15, 0.2) is 51.6 Å². The Morgan fingerprint density at radius 1 is 1.22 bits per heavy atom. The lowest BCUT2D eigenvalue weighted by Crippen LogP contribution is -2.40. The largest absolute Gasteiger partial charge is 0.468 e. The standard InChI is InChI=1S/C23H27ClN4O3S/c24-19-6-4-17(5-7-19)22-26-21(31-27-22)15-28-11-8-18(9-12-28)23(29)25-10-2-14-32-16-20-3-1-13-30-20/h1,3-7,13,18H,2,8-12,14-16H2,(H,25,29). The monoisotopic (exact) mass is 474 g/mol. The first-order valence-corrected chi connectivity index (χ1v) is 12.4. The second kappa shape index (κ2) is 11.5. The molecular formula is C23H27ClN4O3S. The van der Waals surface area contributed by atoms with Crippen LogP contribution in [0.5, 0.6) is 0 Å². The van der Waals surface area contributed by atoms with Crippen LogP contribution in [0.4, 0.5) is 0 Å². The highest BCUT2D eigenvalue weighted by atomic mass is 35.5. The van der Waals surface area contributed by atoms with Crippen molar-refractivity contribution in [3.63, 3.8) is 0 Å². The van der Waals surface area contributed by atoms with Crippen molar-refractivity contribution in [2.24, 2.45) is 5.92 Å². The minimum absolute atomic E-state index is 0.0781. The van der Waals surface area contributed by atoms with E-state index in [9.17, 15) is 4.79 Å². The predicted octanol–water partition coefficient (Wildman–Crippen LogP) is 4.63. The number of likely N-dealkylation sites (tertiary alicyclic amines) is 1. The molecule has 1 aliphatic rings. The first-order chi connectivity index (χ1) is 15.7. The third kappa shape index (κ3) is 6.60. The Balaban J connectivity index is 1.12. The van der Waals surface area contributed by atoms with E-state index in [0.717, 1.165) is 61.7 Å². The summed E-state index contributed by atoms with van der Waals surface area (Å²) in [6.45, 7) is 3.01. The van der Waals surface area contributed by atoms with E-state index in [2.05, 4.69) is 20.4 Å². The Morgan fingerprint density at radius 2 is 2.03 bits per heavy atom. The van der Waals surface area contributed by atoms with Crippen molar-refractivity contribution >= 4 is 29.3 Å². The summed E-state index contributed by atoms with van der Waals surface area (Å²) >= 11 is 7.75. The lowest BCUT2D eigenvalue weighted by molar-refractivity contribution is -0.126. The van der Waals surface area contributed by atoms with Gasteiger partial charge in [0.25, 0.3) is 0 Å². The van der Waals surface area contributed by atoms with Crippen molar-refractivity contribution < 1.29 is 13.7 Å². The maximum atomic E-state index is 12.5. The van der Waals surface area contributed by atoms with Gasteiger partial charge in [0.05, 0.1) is 18.6 Å². The molecule has 0 saturated carbocycles. The normalized spacial score (nSPS) is 15.2. The fraction of sp³-hybridized carbons (Fsp3) is 0.435. The lowest BCUT2D eigenvalue weighted by Gasteiger charge is -2.30.